The van der Waals surface area contributed by atoms with E-state index in [0.717, 1.165) is 11.3 Å². The number of hydrogen-bond acceptors (Lipinski definition) is 3. The monoisotopic (exact) mass is 239 g/mol. The Balaban J connectivity index is 2.04. The molecule has 0 spiro atoms. The molecule has 3 rings (SSSR count). The van der Waals surface area contributed by atoms with E-state index in [9.17, 15) is 0 Å². The van der Waals surface area contributed by atoms with Crippen LogP contribution in [0.4, 0.5) is 5.69 Å². The number of nitrogens with zero attached hydrogens (tertiary/aromatic N) is 3. The van der Waals surface area contributed by atoms with Gasteiger partial charge >= 0.3 is 0 Å². The molecule has 2 aromatic carbocycles. The Kier molecular flexibility index (Phi) is 2.52. The maximum atomic E-state index is 8.42. The van der Waals surface area contributed by atoms with E-state index < -0.39 is 0 Å². The summed E-state index contributed by atoms with van der Waals surface area (Å²) < 4.78 is 11.4. The van der Waals surface area contributed by atoms with Crippen LogP contribution in [0.3, 0.4) is 0 Å². The molecule has 2 aromatic rings. The molecule has 0 bridgehead atoms. The van der Waals surface area contributed by atoms with E-state index >= 15 is 0 Å². The smallest absolute Gasteiger partial charge is 0.169 e. The van der Waals surface area contributed by atoms with Crippen molar-refractivity contribution in [2.24, 2.45) is 5.11 Å². The number of ether oxygens (including phenoxy) is 2. The molecule has 0 N–H and O–H groups in total. The zero-order valence-electron chi connectivity index (χ0n) is 9.41. The number of fused-ring (bicyclic) bond motifs is 2. The van der Waals surface area contributed by atoms with Crippen LogP contribution in [0.1, 0.15) is 5.56 Å². The fraction of sp³-hybridized carbons (Fsp3) is 0.0769. The number of hydrogen-bond donors (Lipinski definition) is 0. The second-order valence-electron chi connectivity index (χ2n) is 3.82. The fourth-order valence-electron chi connectivity index (χ4n) is 1.82. The fourth-order valence-corrected chi connectivity index (χ4v) is 1.82. The van der Waals surface area contributed by atoms with Crippen LogP contribution < -0.4 is 9.47 Å². The number of azide groups is 1. The van der Waals surface area contributed by atoms with Gasteiger partial charge in [0.05, 0.1) is 0 Å². The van der Waals surface area contributed by atoms with Gasteiger partial charge in [-0.2, -0.15) is 0 Å². The molecule has 0 saturated heterocycles. The molecular formula is C13H9N3O2. The lowest BCUT2D eigenvalue weighted by Gasteiger charge is -2.06. The molecule has 0 fully saturated rings. The van der Waals surface area contributed by atoms with Crippen molar-refractivity contribution in [2.45, 2.75) is 6.61 Å². The van der Waals surface area contributed by atoms with Gasteiger partial charge in [-0.3, -0.25) is 0 Å². The molecule has 5 heteroatoms. The molecule has 1 heterocycles. The van der Waals surface area contributed by atoms with Gasteiger partial charge in [-0.05, 0) is 35.9 Å². The minimum atomic E-state index is 0.390. The SMILES string of the molecule is [N-]=[N+]=Nc1ccc2c(c1)COc1ccccc1O2. The highest BCUT2D eigenvalue weighted by Crippen LogP contribution is 2.38. The van der Waals surface area contributed by atoms with Gasteiger partial charge in [0.15, 0.2) is 11.5 Å². The number of rotatable bonds is 1. The van der Waals surface area contributed by atoms with Crippen LogP contribution in [0.5, 0.6) is 17.2 Å². The molecule has 1 aliphatic heterocycles. The van der Waals surface area contributed by atoms with Gasteiger partial charge < -0.3 is 9.47 Å². The molecule has 18 heavy (non-hydrogen) atoms. The molecule has 0 aliphatic carbocycles. The van der Waals surface area contributed by atoms with E-state index in [1.165, 1.54) is 0 Å². The van der Waals surface area contributed by atoms with Crippen molar-refractivity contribution in [2.75, 3.05) is 0 Å². The maximum Gasteiger partial charge on any atom is 0.169 e. The Morgan fingerprint density at radius 1 is 1.06 bits per heavy atom. The Morgan fingerprint density at radius 2 is 1.89 bits per heavy atom. The minimum absolute atomic E-state index is 0.390. The van der Waals surface area contributed by atoms with Crippen LogP contribution in [-0.4, -0.2) is 0 Å². The Bertz CT molecular complexity index is 648. The van der Waals surface area contributed by atoms with Crippen LogP contribution in [0.2, 0.25) is 0 Å². The number of benzene rings is 2. The second kappa shape index (κ2) is 4.31. The molecule has 0 unspecified atom stereocenters. The Hall–Kier alpha value is -2.65. The van der Waals surface area contributed by atoms with Crippen molar-refractivity contribution in [1.29, 1.82) is 0 Å². The lowest BCUT2D eigenvalue weighted by Crippen LogP contribution is -1.92. The van der Waals surface area contributed by atoms with E-state index in [0.29, 0.717) is 23.8 Å². The average Bonchev–Trinajstić information content (AvgIpc) is 2.58. The van der Waals surface area contributed by atoms with Crippen molar-refractivity contribution in [3.05, 3.63) is 58.5 Å². The summed E-state index contributed by atoms with van der Waals surface area (Å²) >= 11 is 0. The summed E-state index contributed by atoms with van der Waals surface area (Å²) in [5.41, 5.74) is 9.83. The van der Waals surface area contributed by atoms with Crippen molar-refractivity contribution in [1.82, 2.24) is 0 Å². The highest BCUT2D eigenvalue weighted by atomic mass is 16.5. The third-order valence-corrected chi connectivity index (χ3v) is 2.66. The van der Waals surface area contributed by atoms with Crippen LogP contribution in [0.15, 0.2) is 47.6 Å². The minimum Gasteiger partial charge on any atom is -0.485 e. The lowest BCUT2D eigenvalue weighted by molar-refractivity contribution is 0.307. The summed E-state index contributed by atoms with van der Waals surface area (Å²) in [6, 6.07) is 12.8. The molecule has 0 radical (unpaired) electrons. The molecule has 1 aliphatic rings. The lowest BCUT2D eigenvalue weighted by atomic mass is 10.2. The van der Waals surface area contributed by atoms with E-state index in [1.807, 2.05) is 24.3 Å². The van der Waals surface area contributed by atoms with Crippen molar-refractivity contribution in [3.8, 4) is 17.2 Å². The van der Waals surface area contributed by atoms with E-state index in [2.05, 4.69) is 10.0 Å². The zero-order chi connectivity index (χ0) is 12.4. The average molecular weight is 239 g/mol. The molecule has 88 valence electrons. The van der Waals surface area contributed by atoms with Crippen LogP contribution in [0.25, 0.3) is 10.4 Å². The summed E-state index contributed by atoms with van der Waals surface area (Å²) in [5.74, 6) is 2.11. The second-order valence-corrected chi connectivity index (χ2v) is 3.82. The zero-order valence-corrected chi connectivity index (χ0v) is 9.41. The highest BCUT2D eigenvalue weighted by Gasteiger charge is 2.15. The summed E-state index contributed by atoms with van der Waals surface area (Å²) in [6.07, 6.45) is 0. The van der Waals surface area contributed by atoms with Crippen molar-refractivity contribution < 1.29 is 9.47 Å². The first-order chi connectivity index (χ1) is 8.86. The van der Waals surface area contributed by atoms with E-state index in [-0.39, 0.29) is 0 Å². The first-order valence-corrected chi connectivity index (χ1v) is 5.44. The molecular weight excluding hydrogens is 230 g/mol. The maximum absolute atomic E-state index is 8.42. The Morgan fingerprint density at radius 3 is 2.72 bits per heavy atom. The number of para-hydroxylation sites is 2. The van der Waals surface area contributed by atoms with Gasteiger partial charge in [-0.15, -0.1) is 0 Å². The van der Waals surface area contributed by atoms with Gasteiger partial charge in [-0.25, -0.2) is 0 Å². The molecule has 5 nitrogen and oxygen atoms in total. The van der Waals surface area contributed by atoms with Crippen LogP contribution >= 0.6 is 0 Å². The predicted molar refractivity (Wildman–Crippen MR) is 66.1 cm³/mol. The Labute approximate surface area is 103 Å². The third-order valence-electron chi connectivity index (χ3n) is 2.66. The first-order valence-electron chi connectivity index (χ1n) is 5.44. The van der Waals surface area contributed by atoms with Gasteiger partial charge in [-0.1, -0.05) is 17.2 Å². The quantitative estimate of drug-likeness (QED) is 0.422. The molecule has 0 saturated carbocycles. The summed E-state index contributed by atoms with van der Waals surface area (Å²) in [7, 11) is 0. The van der Waals surface area contributed by atoms with E-state index in [1.54, 1.807) is 18.2 Å². The van der Waals surface area contributed by atoms with Crippen molar-refractivity contribution >= 4 is 5.69 Å². The molecule has 0 amide bonds. The highest BCUT2D eigenvalue weighted by molar-refractivity contribution is 5.52. The summed E-state index contributed by atoms with van der Waals surface area (Å²) in [4.78, 5) is 2.76. The van der Waals surface area contributed by atoms with Gasteiger partial charge in [0, 0.05) is 16.2 Å². The van der Waals surface area contributed by atoms with Gasteiger partial charge in [0.25, 0.3) is 0 Å². The normalized spacial score (nSPS) is 12.0. The largest absolute Gasteiger partial charge is 0.485 e. The summed E-state index contributed by atoms with van der Waals surface area (Å²) in [6.45, 7) is 0.390. The van der Waals surface area contributed by atoms with Gasteiger partial charge in [0.2, 0.25) is 0 Å². The molecule has 0 aromatic heterocycles. The van der Waals surface area contributed by atoms with Crippen molar-refractivity contribution in [3.63, 3.8) is 0 Å². The van der Waals surface area contributed by atoms with Crippen LogP contribution in [-0.2, 0) is 6.61 Å². The predicted octanol–water partition coefficient (Wildman–Crippen LogP) is 4.31. The van der Waals surface area contributed by atoms with Crippen LogP contribution in [0, 0.1) is 0 Å². The topological polar surface area (TPSA) is 67.2 Å². The van der Waals surface area contributed by atoms with Gasteiger partial charge in [0.1, 0.15) is 12.4 Å². The first kappa shape index (κ1) is 10.5. The standard InChI is InChI=1S/C13H9N3O2/c14-16-15-10-5-6-11-9(7-10)8-17-12-3-1-2-4-13(12)18-11/h1-7H,8H2. The molecule has 0 atom stereocenters. The van der Waals surface area contributed by atoms with E-state index in [4.69, 9.17) is 15.0 Å². The third kappa shape index (κ3) is 1.83. The summed E-state index contributed by atoms with van der Waals surface area (Å²) in [5, 5.41) is 3.56.